The number of carbonyl (C=O) groups excluding carboxylic acids is 2. The zero-order valence-corrected chi connectivity index (χ0v) is 12.6. The van der Waals surface area contributed by atoms with Crippen LogP contribution < -0.4 is 10.6 Å². The van der Waals surface area contributed by atoms with E-state index in [-0.39, 0.29) is 36.7 Å². The fourth-order valence-corrected chi connectivity index (χ4v) is 2.01. The first-order valence-electron chi connectivity index (χ1n) is 7.06. The first-order chi connectivity index (χ1) is 10.0. The van der Waals surface area contributed by atoms with E-state index in [9.17, 15) is 9.59 Å². The number of rotatable bonds is 7. The summed E-state index contributed by atoms with van der Waals surface area (Å²) in [4.78, 5) is 23.7. The summed E-state index contributed by atoms with van der Waals surface area (Å²) < 4.78 is 0. The molecule has 0 aliphatic carbocycles. The second kappa shape index (κ2) is 8.80. The molecule has 0 saturated carbocycles. The number of amides is 2. The molecule has 2 N–H and O–H groups in total. The zero-order chi connectivity index (χ0) is 15.7. The van der Waals surface area contributed by atoms with Gasteiger partial charge in [-0.15, -0.1) is 6.42 Å². The van der Waals surface area contributed by atoms with Crippen LogP contribution in [0, 0.1) is 24.2 Å². The second-order valence-electron chi connectivity index (χ2n) is 5.24. The molecule has 4 heteroatoms. The Morgan fingerprint density at radius 3 is 2.43 bits per heavy atom. The third kappa shape index (κ3) is 6.13. The molecule has 0 bridgehead atoms. The van der Waals surface area contributed by atoms with Crippen molar-refractivity contribution in [3.8, 4) is 12.3 Å². The van der Waals surface area contributed by atoms with E-state index >= 15 is 0 Å². The molecular weight excluding hydrogens is 264 g/mol. The summed E-state index contributed by atoms with van der Waals surface area (Å²) in [6.07, 6.45) is 5.72. The molecule has 0 spiro atoms. The minimum atomic E-state index is -0.275. The van der Waals surface area contributed by atoms with Gasteiger partial charge in [0.15, 0.2) is 0 Å². The van der Waals surface area contributed by atoms with Gasteiger partial charge in [-0.05, 0) is 17.9 Å². The predicted octanol–water partition coefficient (Wildman–Crippen LogP) is 1.37. The molecule has 0 heterocycles. The summed E-state index contributed by atoms with van der Waals surface area (Å²) in [5, 5.41) is 5.19. The molecule has 112 valence electrons. The molecule has 0 saturated heterocycles. The van der Waals surface area contributed by atoms with E-state index in [4.69, 9.17) is 6.42 Å². The first-order valence-corrected chi connectivity index (χ1v) is 7.06. The van der Waals surface area contributed by atoms with Gasteiger partial charge in [-0.25, -0.2) is 0 Å². The van der Waals surface area contributed by atoms with Crippen LogP contribution in [0.3, 0.4) is 0 Å². The van der Waals surface area contributed by atoms with Gasteiger partial charge < -0.3 is 10.6 Å². The highest BCUT2D eigenvalue weighted by molar-refractivity contribution is 5.86. The molecule has 2 amide bonds. The van der Waals surface area contributed by atoms with Crippen LogP contribution in [0.4, 0.5) is 0 Å². The lowest BCUT2D eigenvalue weighted by Gasteiger charge is -2.20. The Morgan fingerprint density at radius 2 is 1.86 bits per heavy atom. The second-order valence-corrected chi connectivity index (χ2v) is 5.24. The normalized spacial score (nSPS) is 11.5. The molecule has 1 atom stereocenters. The molecule has 1 rings (SSSR count). The Labute approximate surface area is 126 Å². The van der Waals surface area contributed by atoms with Crippen molar-refractivity contribution in [2.45, 2.75) is 20.3 Å². The average molecular weight is 286 g/mol. The third-order valence-corrected chi connectivity index (χ3v) is 3.25. The molecule has 1 aromatic carbocycles. The van der Waals surface area contributed by atoms with Crippen LogP contribution in [0.1, 0.15) is 19.4 Å². The van der Waals surface area contributed by atoms with Gasteiger partial charge >= 0.3 is 0 Å². The Kier molecular flexibility index (Phi) is 7.03. The van der Waals surface area contributed by atoms with Gasteiger partial charge in [-0.1, -0.05) is 50.1 Å². The molecular formula is C17H22N2O2. The topological polar surface area (TPSA) is 58.2 Å². The summed E-state index contributed by atoms with van der Waals surface area (Å²) in [6, 6.07) is 9.87. The highest BCUT2D eigenvalue weighted by atomic mass is 16.2. The summed E-state index contributed by atoms with van der Waals surface area (Å²) in [6.45, 7) is 4.14. The molecule has 1 aromatic rings. The average Bonchev–Trinajstić information content (AvgIpc) is 2.48. The van der Waals surface area contributed by atoms with Crippen LogP contribution in [0.15, 0.2) is 30.3 Å². The van der Waals surface area contributed by atoms with Crippen LogP contribution >= 0.6 is 0 Å². The number of benzene rings is 1. The van der Waals surface area contributed by atoms with Crippen molar-refractivity contribution in [2.24, 2.45) is 11.8 Å². The maximum Gasteiger partial charge on any atom is 0.240 e. The Bertz CT molecular complexity index is 503. The molecule has 21 heavy (non-hydrogen) atoms. The van der Waals surface area contributed by atoms with Crippen LogP contribution in [0.5, 0.6) is 0 Å². The molecule has 0 aliphatic heterocycles. The van der Waals surface area contributed by atoms with Gasteiger partial charge in [0.1, 0.15) is 0 Å². The number of nitrogens with one attached hydrogen (secondary N) is 2. The summed E-state index contributed by atoms with van der Waals surface area (Å²) >= 11 is 0. The van der Waals surface area contributed by atoms with Crippen molar-refractivity contribution in [2.75, 3.05) is 13.1 Å². The number of hydrogen-bond donors (Lipinski definition) is 2. The van der Waals surface area contributed by atoms with Crippen molar-refractivity contribution in [3.05, 3.63) is 35.9 Å². The van der Waals surface area contributed by atoms with Gasteiger partial charge in [0.25, 0.3) is 0 Å². The zero-order valence-electron chi connectivity index (χ0n) is 12.6. The van der Waals surface area contributed by atoms with Crippen LogP contribution in [-0.4, -0.2) is 24.9 Å². The van der Waals surface area contributed by atoms with Crippen LogP contribution in [-0.2, 0) is 16.0 Å². The fourth-order valence-electron chi connectivity index (χ4n) is 2.01. The number of carbonyl (C=O) groups is 2. The first kappa shape index (κ1) is 16.8. The largest absolute Gasteiger partial charge is 0.347 e. The van der Waals surface area contributed by atoms with Crippen molar-refractivity contribution in [1.82, 2.24) is 10.6 Å². The minimum Gasteiger partial charge on any atom is -0.347 e. The predicted molar refractivity (Wildman–Crippen MR) is 83.3 cm³/mol. The van der Waals surface area contributed by atoms with Gasteiger partial charge in [-0.2, -0.15) is 0 Å². The van der Waals surface area contributed by atoms with E-state index in [0.29, 0.717) is 6.42 Å². The monoisotopic (exact) mass is 286 g/mol. The van der Waals surface area contributed by atoms with E-state index < -0.39 is 0 Å². The Morgan fingerprint density at radius 1 is 1.19 bits per heavy atom. The van der Waals surface area contributed by atoms with Crippen LogP contribution in [0.25, 0.3) is 0 Å². The van der Waals surface area contributed by atoms with Gasteiger partial charge in [0, 0.05) is 5.92 Å². The minimum absolute atomic E-state index is 0.0431. The number of terminal acetylenes is 1. The molecule has 0 aliphatic rings. The lowest BCUT2D eigenvalue weighted by Crippen LogP contribution is -2.41. The molecule has 1 unspecified atom stereocenters. The highest BCUT2D eigenvalue weighted by Gasteiger charge is 2.22. The third-order valence-electron chi connectivity index (χ3n) is 3.25. The Balaban J connectivity index is 2.54. The smallest absolute Gasteiger partial charge is 0.240 e. The van der Waals surface area contributed by atoms with E-state index in [1.807, 2.05) is 44.2 Å². The maximum absolute atomic E-state index is 12.2. The molecule has 0 radical (unpaired) electrons. The van der Waals surface area contributed by atoms with Gasteiger partial charge in [0.2, 0.25) is 11.8 Å². The summed E-state index contributed by atoms with van der Waals surface area (Å²) in [7, 11) is 0. The van der Waals surface area contributed by atoms with E-state index in [0.717, 1.165) is 5.56 Å². The van der Waals surface area contributed by atoms with Gasteiger partial charge in [-0.3, -0.25) is 9.59 Å². The lowest BCUT2D eigenvalue weighted by atomic mass is 9.88. The summed E-state index contributed by atoms with van der Waals surface area (Å²) in [5.74, 6) is 1.97. The molecule has 0 aromatic heterocycles. The van der Waals surface area contributed by atoms with E-state index in [2.05, 4.69) is 16.6 Å². The quantitative estimate of drug-likeness (QED) is 0.744. The SMILES string of the molecule is C#CCNC(=O)CNC(=O)C(Cc1ccccc1)C(C)C. The van der Waals surface area contributed by atoms with Crippen molar-refractivity contribution in [3.63, 3.8) is 0 Å². The lowest BCUT2D eigenvalue weighted by molar-refractivity contribution is -0.129. The van der Waals surface area contributed by atoms with E-state index in [1.54, 1.807) is 0 Å². The van der Waals surface area contributed by atoms with Crippen LogP contribution in [0.2, 0.25) is 0 Å². The fraction of sp³-hybridized carbons (Fsp3) is 0.412. The van der Waals surface area contributed by atoms with Gasteiger partial charge in [0.05, 0.1) is 13.1 Å². The van der Waals surface area contributed by atoms with Crippen molar-refractivity contribution in [1.29, 1.82) is 0 Å². The Hall–Kier alpha value is -2.28. The molecule has 0 fully saturated rings. The summed E-state index contributed by atoms with van der Waals surface area (Å²) in [5.41, 5.74) is 1.11. The number of hydrogen-bond acceptors (Lipinski definition) is 2. The van der Waals surface area contributed by atoms with Crippen molar-refractivity contribution < 1.29 is 9.59 Å². The molecule has 4 nitrogen and oxygen atoms in total. The van der Waals surface area contributed by atoms with E-state index in [1.165, 1.54) is 0 Å². The highest BCUT2D eigenvalue weighted by Crippen LogP contribution is 2.17. The standard InChI is InChI=1S/C17H22N2O2/c1-4-10-18-16(20)12-19-17(21)15(13(2)3)11-14-8-6-5-7-9-14/h1,5-9,13,15H,10-12H2,2-3H3,(H,18,20)(H,19,21). The maximum atomic E-state index is 12.2. The van der Waals surface area contributed by atoms with Crippen molar-refractivity contribution >= 4 is 11.8 Å².